The number of pyridine rings is 1. The van der Waals surface area contributed by atoms with Gasteiger partial charge in [-0.1, -0.05) is 36.4 Å². The Morgan fingerprint density at radius 1 is 1.00 bits per heavy atom. The van der Waals surface area contributed by atoms with Crippen LogP contribution in [0.25, 0.3) is 0 Å². The first-order chi connectivity index (χ1) is 22.4. The first-order valence-electron chi connectivity index (χ1n) is 16.0. The number of hydrogen-bond donors (Lipinski definition) is 1. The number of aryl methyl sites for hydroxylation is 1. The smallest absolute Gasteiger partial charge is 0.413 e. The summed E-state index contributed by atoms with van der Waals surface area (Å²) in [6.45, 7) is 9.64. The highest BCUT2D eigenvalue weighted by atomic mass is 16.6. The zero-order valence-electron chi connectivity index (χ0n) is 27.8. The summed E-state index contributed by atoms with van der Waals surface area (Å²) in [5, 5.41) is 2.64. The van der Waals surface area contributed by atoms with Gasteiger partial charge in [0, 0.05) is 12.2 Å². The maximum absolute atomic E-state index is 14.0. The predicted molar refractivity (Wildman–Crippen MR) is 178 cm³/mol. The number of carbonyl (C=O) groups excluding carboxylic acids is 4. The van der Waals surface area contributed by atoms with Crippen molar-refractivity contribution in [1.29, 1.82) is 0 Å². The van der Waals surface area contributed by atoms with Crippen molar-refractivity contribution in [1.82, 2.24) is 9.88 Å². The molecule has 1 unspecified atom stereocenters. The lowest BCUT2D eigenvalue weighted by Crippen LogP contribution is -2.44. The molecule has 250 valence electrons. The van der Waals surface area contributed by atoms with Crippen molar-refractivity contribution in [3.05, 3.63) is 83.6 Å². The summed E-state index contributed by atoms with van der Waals surface area (Å²) < 4.78 is 16.4. The molecule has 0 aliphatic carbocycles. The minimum Gasteiger partial charge on any atom is -0.490 e. The zero-order chi connectivity index (χ0) is 34.0. The number of hydrogen-bond acceptors (Lipinski definition) is 8. The molecule has 1 aliphatic heterocycles. The van der Waals surface area contributed by atoms with Gasteiger partial charge in [0.2, 0.25) is 5.91 Å². The second-order valence-corrected chi connectivity index (χ2v) is 12.4. The van der Waals surface area contributed by atoms with Gasteiger partial charge in [-0.25, -0.2) is 9.78 Å². The Morgan fingerprint density at radius 2 is 1.77 bits per heavy atom. The number of carbonyl (C=O) groups is 4. The molecular formula is C36H44N4O7. The Bertz CT molecular complexity index is 1550. The van der Waals surface area contributed by atoms with Crippen molar-refractivity contribution in [3.8, 4) is 5.75 Å². The Kier molecular flexibility index (Phi) is 11.9. The fraction of sp³-hybridized carbons (Fsp3) is 0.417. The van der Waals surface area contributed by atoms with Gasteiger partial charge < -0.3 is 24.0 Å². The van der Waals surface area contributed by atoms with Crippen molar-refractivity contribution in [2.24, 2.45) is 0 Å². The average Bonchev–Trinajstić information content (AvgIpc) is 3.11. The molecule has 0 radical (unpaired) electrons. The molecular weight excluding hydrogens is 600 g/mol. The van der Waals surface area contributed by atoms with E-state index in [9.17, 15) is 19.2 Å². The highest BCUT2D eigenvalue weighted by Crippen LogP contribution is 2.30. The van der Waals surface area contributed by atoms with Gasteiger partial charge in [0.1, 0.15) is 12.1 Å². The first-order valence-corrected chi connectivity index (χ1v) is 16.0. The first kappa shape index (κ1) is 34.9. The van der Waals surface area contributed by atoms with Gasteiger partial charge in [0.25, 0.3) is 5.91 Å². The van der Waals surface area contributed by atoms with E-state index in [4.69, 9.17) is 14.2 Å². The monoisotopic (exact) mass is 644 g/mol. The average molecular weight is 645 g/mol. The van der Waals surface area contributed by atoms with Crippen LogP contribution in [0, 0.1) is 0 Å². The minimum absolute atomic E-state index is 0.00743. The number of nitrogens with zero attached hydrogens (tertiary/aromatic N) is 3. The van der Waals surface area contributed by atoms with Gasteiger partial charge in [-0.15, -0.1) is 0 Å². The van der Waals surface area contributed by atoms with Crippen LogP contribution in [0.2, 0.25) is 0 Å². The van der Waals surface area contributed by atoms with E-state index in [0.717, 1.165) is 17.5 Å². The molecule has 0 fully saturated rings. The van der Waals surface area contributed by atoms with Crippen LogP contribution >= 0.6 is 0 Å². The topological polar surface area (TPSA) is 127 Å². The number of benzene rings is 2. The number of amides is 3. The summed E-state index contributed by atoms with van der Waals surface area (Å²) in [6, 6.07) is 18.2. The second-order valence-electron chi connectivity index (χ2n) is 12.4. The van der Waals surface area contributed by atoms with Crippen molar-refractivity contribution < 1.29 is 33.4 Å². The molecule has 0 spiro atoms. The lowest BCUT2D eigenvalue weighted by Gasteiger charge is -2.27. The van der Waals surface area contributed by atoms with Crippen LogP contribution < -0.4 is 15.0 Å². The van der Waals surface area contributed by atoms with Crippen LogP contribution in [0.3, 0.4) is 0 Å². The van der Waals surface area contributed by atoms with Gasteiger partial charge >= 0.3 is 12.1 Å². The van der Waals surface area contributed by atoms with Gasteiger partial charge in [0.15, 0.2) is 11.6 Å². The van der Waals surface area contributed by atoms with Gasteiger partial charge in [-0.3, -0.25) is 19.7 Å². The van der Waals surface area contributed by atoms with Gasteiger partial charge in [0.05, 0.1) is 37.4 Å². The summed E-state index contributed by atoms with van der Waals surface area (Å²) in [6.07, 6.45) is 3.08. The van der Waals surface area contributed by atoms with Crippen molar-refractivity contribution in [2.75, 3.05) is 30.0 Å². The van der Waals surface area contributed by atoms with E-state index in [1.54, 1.807) is 57.8 Å². The molecule has 0 saturated carbocycles. The summed E-state index contributed by atoms with van der Waals surface area (Å²) in [7, 11) is 0. The lowest BCUT2D eigenvalue weighted by molar-refractivity contribution is -0.144. The molecule has 0 bridgehead atoms. The number of nitrogens with one attached hydrogen (secondary N) is 1. The molecule has 1 N–H and O–H groups in total. The van der Waals surface area contributed by atoms with Gasteiger partial charge in [-0.05, 0) is 89.3 Å². The highest BCUT2D eigenvalue weighted by molar-refractivity contribution is 6.10. The number of aromatic nitrogens is 1. The normalized spacial score (nSPS) is 13.8. The quantitative estimate of drug-likeness (QED) is 0.173. The molecule has 3 aromatic rings. The van der Waals surface area contributed by atoms with Crippen molar-refractivity contribution in [3.63, 3.8) is 0 Å². The maximum atomic E-state index is 14.0. The lowest BCUT2D eigenvalue weighted by atomic mass is 10.0. The van der Waals surface area contributed by atoms with Crippen LogP contribution in [-0.4, -0.2) is 65.2 Å². The van der Waals surface area contributed by atoms with E-state index < -0.39 is 23.7 Å². The largest absolute Gasteiger partial charge is 0.490 e. The number of rotatable bonds is 13. The van der Waals surface area contributed by atoms with Crippen LogP contribution in [0.5, 0.6) is 5.75 Å². The van der Waals surface area contributed by atoms with Crippen LogP contribution in [0.15, 0.2) is 66.9 Å². The number of esters is 1. The van der Waals surface area contributed by atoms with E-state index in [-0.39, 0.29) is 37.2 Å². The number of fused-ring (bicyclic) bond motifs is 1. The summed E-state index contributed by atoms with van der Waals surface area (Å²) in [4.78, 5) is 59.4. The molecule has 11 heteroatoms. The van der Waals surface area contributed by atoms with Crippen LogP contribution in [0.1, 0.15) is 75.4 Å². The van der Waals surface area contributed by atoms with Crippen molar-refractivity contribution >= 4 is 35.4 Å². The Morgan fingerprint density at radius 3 is 2.49 bits per heavy atom. The van der Waals surface area contributed by atoms with E-state index in [1.807, 2.05) is 48.5 Å². The molecule has 1 aromatic heterocycles. The summed E-state index contributed by atoms with van der Waals surface area (Å²) in [5.74, 6) is -0.220. The number of anilines is 2. The Labute approximate surface area is 276 Å². The SMILES string of the molecule is CCOC(=O)CC(C)N1CC(=O)N(Cc2ccccc2)c2ccc(CCCCOc3cccnc3NC(=O)OC(C)(C)C)cc2C1=O. The number of ether oxygens (including phenoxy) is 3. The van der Waals surface area contributed by atoms with Gasteiger partial charge in [-0.2, -0.15) is 0 Å². The number of unbranched alkanes of at least 4 members (excludes halogenated alkanes) is 1. The highest BCUT2D eigenvalue weighted by Gasteiger charge is 2.35. The third kappa shape index (κ3) is 10.0. The standard InChI is InChI=1S/C36H44N4O7/c1-6-45-32(42)21-25(2)39-24-31(41)40(23-27-14-8-7-9-15-27)29-18-17-26(22-28(29)34(39)43)13-10-11-20-46-30-16-12-19-37-33(30)38-35(44)47-36(3,4)5/h7-9,12,14-19,22,25H,6,10-11,13,20-21,23-24H2,1-5H3,(H,37,38,44). The molecule has 4 rings (SSSR count). The van der Waals surface area contributed by atoms with Crippen LogP contribution in [0.4, 0.5) is 16.3 Å². The molecule has 1 atom stereocenters. The van der Waals surface area contributed by atoms with E-state index in [1.165, 1.54) is 4.90 Å². The molecule has 47 heavy (non-hydrogen) atoms. The Hall–Kier alpha value is -4.93. The van der Waals surface area contributed by atoms with E-state index in [2.05, 4.69) is 10.3 Å². The molecule has 2 heterocycles. The third-order valence-electron chi connectivity index (χ3n) is 7.44. The zero-order valence-corrected chi connectivity index (χ0v) is 27.8. The molecule has 2 aromatic carbocycles. The third-order valence-corrected chi connectivity index (χ3v) is 7.44. The summed E-state index contributed by atoms with van der Waals surface area (Å²) >= 11 is 0. The molecule has 11 nitrogen and oxygen atoms in total. The van der Waals surface area contributed by atoms with E-state index in [0.29, 0.717) is 43.0 Å². The summed E-state index contributed by atoms with van der Waals surface area (Å²) in [5.41, 5.74) is 2.20. The molecule has 1 aliphatic rings. The minimum atomic E-state index is -0.644. The Balaban J connectivity index is 1.45. The predicted octanol–water partition coefficient (Wildman–Crippen LogP) is 6.16. The fourth-order valence-electron chi connectivity index (χ4n) is 5.22. The van der Waals surface area contributed by atoms with E-state index >= 15 is 0 Å². The van der Waals surface area contributed by atoms with Crippen molar-refractivity contribution in [2.45, 2.75) is 78.5 Å². The maximum Gasteiger partial charge on any atom is 0.413 e. The molecule has 0 saturated heterocycles. The molecule has 3 amide bonds. The fourth-order valence-corrected chi connectivity index (χ4v) is 5.22. The second kappa shape index (κ2) is 16.1. The van der Waals surface area contributed by atoms with Crippen LogP contribution in [-0.2, 0) is 32.0 Å².